The van der Waals surface area contributed by atoms with E-state index in [2.05, 4.69) is 26.3 Å². The molecule has 1 saturated heterocycles. The standard InChI is InChI=1S/C21H28ClN5O2.HI/c1-23-21(26(2)10-15-29-19-7-5-18(22)6-8-19)25-16-17-4-3-9-24-20(17)27-11-13-28-14-12-27;/h3-9H,10-16H2,1-2H3,(H,23,25);1H. The average Bonchev–Trinajstić information content (AvgIpc) is 2.76. The SMILES string of the molecule is CN=C(NCc1cccnc1N1CCOCC1)N(C)CCOc1ccc(Cl)cc1.I. The molecule has 0 aliphatic carbocycles. The van der Waals surface area contributed by atoms with Gasteiger partial charge >= 0.3 is 0 Å². The quantitative estimate of drug-likeness (QED) is 0.327. The molecule has 1 aliphatic rings. The summed E-state index contributed by atoms with van der Waals surface area (Å²) in [5.74, 6) is 2.62. The van der Waals surface area contributed by atoms with Crippen molar-refractivity contribution in [1.29, 1.82) is 0 Å². The van der Waals surface area contributed by atoms with Crippen LogP contribution in [0, 0.1) is 0 Å². The van der Waals surface area contributed by atoms with E-state index in [0.29, 0.717) is 24.7 Å². The Kier molecular flexibility index (Phi) is 10.5. The van der Waals surface area contributed by atoms with Gasteiger partial charge in [-0.15, -0.1) is 24.0 Å². The Morgan fingerprint density at radius 3 is 2.70 bits per heavy atom. The molecule has 1 aromatic carbocycles. The van der Waals surface area contributed by atoms with Gasteiger partial charge in [-0.25, -0.2) is 4.98 Å². The second-order valence-corrected chi connectivity index (χ2v) is 7.15. The molecule has 2 heterocycles. The Labute approximate surface area is 200 Å². The van der Waals surface area contributed by atoms with Gasteiger partial charge in [-0.3, -0.25) is 4.99 Å². The van der Waals surface area contributed by atoms with Gasteiger partial charge < -0.3 is 24.6 Å². The summed E-state index contributed by atoms with van der Waals surface area (Å²) in [6.45, 7) is 5.09. The number of aromatic nitrogens is 1. The summed E-state index contributed by atoms with van der Waals surface area (Å²) in [5.41, 5.74) is 1.14. The normalized spacial score (nSPS) is 14.1. The van der Waals surface area contributed by atoms with Gasteiger partial charge in [-0.1, -0.05) is 17.7 Å². The number of halogens is 2. The number of nitrogens with one attached hydrogen (secondary N) is 1. The number of nitrogens with zero attached hydrogens (tertiary/aromatic N) is 4. The lowest BCUT2D eigenvalue weighted by Crippen LogP contribution is -2.41. The zero-order chi connectivity index (χ0) is 20.5. The van der Waals surface area contributed by atoms with Crippen LogP contribution in [0.3, 0.4) is 0 Å². The Balaban J connectivity index is 0.00000320. The van der Waals surface area contributed by atoms with E-state index < -0.39 is 0 Å². The molecule has 1 aromatic heterocycles. The van der Waals surface area contributed by atoms with E-state index >= 15 is 0 Å². The van der Waals surface area contributed by atoms with Crippen molar-refractivity contribution in [3.8, 4) is 5.75 Å². The molecule has 0 bridgehead atoms. The molecule has 2 aromatic rings. The third kappa shape index (κ3) is 7.17. The molecule has 0 amide bonds. The molecule has 3 rings (SSSR count). The first-order valence-corrected chi connectivity index (χ1v) is 10.1. The van der Waals surface area contributed by atoms with Crippen LogP contribution in [-0.4, -0.2) is 69.4 Å². The summed E-state index contributed by atoms with van der Waals surface area (Å²) in [5, 5.41) is 4.13. The Hall–Kier alpha value is -1.78. The van der Waals surface area contributed by atoms with Crippen LogP contribution in [0.1, 0.15) is 5.56 Å². The molecule has 1 aliphatic heterocycles. The summed E-state index contributed by atoms with van der Waals surface area (Å²) >= 11 is 5.90. The number of anilines is 1. The van der Waals surface area contributed by atoms with Crippen LogP contribution in [0.15, 0.2) is 47.6 Å². The fourth-order valence-corrected chi connectivity index (χ4v) is 3.25. The van der Waals surface area contributed by atoms with Crippen molar-refractivity contribution in [3.63, 3.8) is 0 Å². The minimum Gasteiger partial charge on any atom is -0.492 e. The van der Waals surface area contributed by atoms with Crippen molar-refractivity contribution < 1.29 is 9.47 Å². The van der Waals surface area contributed by atoms with E-state index in [1.165, 1.54) is 0 Å². The van der Waals surface area contributed by atoms with Crippen molar-refractivity contribution in [2.75, 3.05) is 58.5 Å². The summed E-state index contributed by atoms with van der Waals surface area (Å²) in [7, 11) is 3.78. The van der Waals surface area contributed by atoms with Gasteiger partial charge in [0.1, 0.15) is 18.2 Å². The van der Waals surface area contributed by atoms with Crippen molar-refractivity contribution >= 4 is 47.4 Å². The number of guanidine groups is 1. The number of pyridine rings is 1. The van der Waals surface area contributed by atoms with Crippen molar-refractivity contribution in [3.05, 3.63) is 53.2 Å². The summed E-state index contributed by atoms with van der Waals surface area (Å²) in [4.78, 5) is 13.3. The monoisotopic (exact) mass is 545 g/mol. The van der Waals surface area contributed by atoms with E-state index in [4.69, 9.17) is 21.1 Å². The first kappa shape index (κ1) is 24.5. The minimum atomic E-state index is 0. The van der Waals surface area contributed by atoms with E-state index in [9.17, 15) is 0 Å². The second kappa shape index (κ2) is 12.8. The zero-order valence-electron chi connectivity index (χ0n) is 17.4. The molecule has 0 saturated carbocycles. The van der Waals surface area contributed by atoms with Crippen LogP contribution >= 0.6 is 35.6 Å². The number of morpholine rings is 1. The van der Waals surface area contributed by atoms with Crippen LogP contribution < -0.4 is 15.0 Å². The molecule has 0 atom stereocenters. The van der Waals surface area contributed by atoms with Gasteiger partial charge in [0.05, 0.1) is 19.8 Å². The fraction of sp³-hybridized carbons (Fsp3) is 0.429. The van der Waals surface area contributed by atoms with Crippen molar-refractivity contribution in [1.82, 2.24) is 15.2 Å². The lowest BCUT2D eigenvalue weighted by molar-refractivity contribution is 0.122. The lowest BCUT2D eigenvalue weighted by Gasteiger charge is -2.30. The molecule has 164 valence electrons. The number of aliphatic imine (C=N–C) groups is 1. The maximum Gasteiger partial charge on any atom is 0.193 e. The highest BCUT2D eigenvalue weighted by Crippen LogP contribution is 2.18. The highest BCUT2D eigenvalue weighted by Gasteiger charge is 2.16. The molecule has 0 unspecified atom stereocenters. The number of ether oxygens (including phenoxy) is 2. The largest absolute Gasteiger partial charge is 0.492 e. The van der Waals surface area contributed by atoms with Crippen LogP contribution in [0.2, 0.25) is 5.02 Å². The van der Waals surface area contributed by atoms with Crippen molar-refractivity contribution in [2.45, 2.75) is 6.54 Å². The predicted octanol–water partition coefficient (Wildman–Crippen LogP) is 3.28. The van der Waals surface area contributed by atoms with Gasteiger partial charge in [0.25, 0.3) is 0 Å². The van der Waals surface area contributed by atoms with Crippen LogP contribution in [-0.2, 0) is 11.3 Å². The Morgan fingerprint density at radius 2 is 2.00 bits per heavy atom. The Bertz CT molecular complexity index is 800. The first-order valence-electron chi connectivity index (χ1n) is 9.74. The number of hydrogen-bond donors (Lipinski definition) is 1. The van der Waals surface area contributed by atoms with E-state index in [1.807, 2.05) is 48.5 Å². The summed E-state index contributed by atoms with van der Waals surface area (Å²) in [6.07, 6.45) is 1.84. The second-order valence-electron chi connectivity index (χ2n) is 6.71. The molecule has 1 fully saturated rings. The molecule has 7 nitrogen and oxygen atoms in total. The van der Waals surface area contributed by atoms with E-state index in [0.717, 1.165) is 49.4 Å². The smallest absolute Gasteiger partial charge is 0.193 e. The molecule has 0 spiro atoms. The number of hydrogen-bond acceptors (Lipinski definition) is 5. The van der Waals surface area contributed by atoms with Crippen LogP contribution in [0.5, 0.6) is 5.75 Å². The van der Waals surface area contributed by atoms with Gasteiger partial charge in [-0.2, -0.15) is 0 Å². The average molecular weight is 546 g/mol. The maximum absolute atomic E-state index is 5.90. The maximum atomic E-state index is 5.90. The van der Waals surface area contributed by atoms with E-state index in [1.54, 1.807) is 7.05 Å². The highest BCUT2D eigenvalue weighted by atomic mass is 127. The molecule has 30 heavy (non-hydrogen) atoms. The summed E-state index contributed by atoms with van der Waals surface area (Å²) in [6, 6.07) is 11.4. The lowest BCUT2D eigenvalue weighted by atomic mass is 10.2. The summed E-state index contributed by atoms with van der Waals surface area (Å²) < 4.78 is 11.2. The predicted molar refractivity (Wildman–Crippen MR) is 132 cm³/mol. The van der Waals surface area contributed by atoms with Crippen molar-refractivity contribution in [2.24, 2.45) is 4.99 Å². The van der Waals surface area contributed by atoms with Crippen LogP contribution in [0.25, 0.3) is 0 Å². The molecule has 9 heteroatoms. The number of benzene rings is 1. The van der Waals surface area contributed by atoms with Gasteiger partial charge in [0.15, 0.2) is 5.96 Å². The fourth-order valence-electron chi connectivity index (χ4n) is 3.12. The van der Waals surface area contributed by atoms with Crippen LogP contribution in [0.4, 0.5) is 5.82 Å². The van der Waals surface area contributed by atoms with Gasteiger partial charge in [0, 0.05) is 50.5 Å². The number of rotatable bonds is 7. The molecule has 0 radical (unpaired) electrons. The highest BCUT2D eigenvalue weighted by molar-refractivity contribution is 14.0. The van der Waals surface area contributed by atoms with E-state index in [-0.39, 0.29) is 24.0 Å². The molecular formula is C21H29ClIN5O2. The first-order chi connectivity index (χ1) is 14.2. The topological polar surface area (TPSA) is 62.2 Å². The Morgan fingerprint density at radius 1 is 1.27 bits per heavy atom. The molecular weight excluding hydrogens is 517 g/mol. The third-order valence-electron chi connectivity index (χ3n) is 4.70. The third-order valence-corrected chi connectivity index (χ3v) is 4.95. The van der Waals surface area contributed by atoms with Gasteiger partial charge in [-0.05, 0) is 30.3 Å². The number of likely N-dealkylation sites (N-methyl/N-ethyl adjacent to an activating group) is 1. The zero-order valence-corrected chi connectivity index (χ0v) is 20.5. The molecule has 1 N–H and O–H groups in total. The minimum absolute atomic E-state index is 0. The van der Waals surface area contributed by atoms with Gasteiger partial charge in [0.2, 0.25) is 0 Å².